The first kappa shape index (κ1) is 37.9. The molecular formula is C42H62F4O. The molecule has 264 valence electrons. The molecule has 0 N–H and O–H groups in total. The fraction of sp³-hybridized carbons (Fsp3) is 0.714. The maximum atomic E-state index is 14.6. The fourth-order valence-corrected chi connectivity index (χ4v) is 8.45. The molecule has 2 aliphatic carbocycles. The molecule has 0 amide bonds. The lowest BCUT2D eigenvalue weighted by atomic mass is 9.74. The molecule has 0 saturated heterocycles. The van der Waals surface area contributed by atoms with Crippen molar-refractivity contribution in [3.05, 3.63) is 70.8 Å². The van der Waals surface area contributed by atoms with Crippen molar-refractivity contribution in [2.75, 3.05) is 0 Å². The van der Waals surface area contributed by atoms with Crippen LogP contribution in [0.15, 0.2) is 36.4 Å². The van der Waals surface area contributed by atoms with Crippen molar-refractivity contribution < 1.29 is 22.3 Å². The minimum absolute atomic E-state index is 0.164. The van der Waals surface area contributed by atoms with Crippen LogP contribution in [-0.2, 0) is 4.74 Å². The lowest BCUT2D eigenvalue weighted by molar-refractivity contribution is -0.0910. The van der Waals surface area contributed by atoms with E-state index in [1.807, 2.05) is 0 Å². The van der Waals surface area contributed by atoms with E-state index in [0.717, 1.165) is 51.4 Å². The molecule has 2 saturated carbocycles. The molecule has 47 heavy (non-hydrogen) atoms. The van der Waals surface area contributed by atoms with Gasteiger partial charge in [-0.15, -0.1) is 0 Å². The van der Waals surface area contributed by atoms with E-state index in [0.29, 0.717) is 23.0 Å². The first-order chi connectivity index (χ1) is 22.9. The van der Waals surface area contributed by atoms with Gasteiger partial charge in [0, 0.05) is 0 Å². The number of halogens is 4. The van der Waals surface area contributed by atoms with Crippen LogP contribution >= 0.6 is 0 Å². The van der Waals surface area contributed by atoms with Crippen LogP contribution in [0.4, 0.5) is 17.6 Å². The van der Waals surface area contributed by atoms with Gasteiger partial charge in [-0.05, 0) is 84.7 Å². The largest absolute Gasteiger partial charge is 0.365 e. The highest BCUT2D eigenvalue weighted by Gasteiger charge is 2.36. The third-order valence-electron chi connectivity index (χ3n) is 11.4. The predicted octanol–water partition coefficient (Wildman–Crippen LogP) is 14.2. The van der Waals surface area contributed by atoms with Crippen LogP contribution in [0.5, 0.6) is 0 Å². The Balaban J connectivity index is 1.45. The highest BCUT2D eigenvalue weighted by Crippen LogP contribution is 2.47. The average Bonchev–Trinajstić information content (AvgIpc) is 3.08. The summed E-state index contributed by atoms with van der Waals surface area (Å²) in [6.07, 6.45) is 25.6. The van der Waals surface area contributed by atoms with E-state index >= 15 is 0 Å². The molecule has 2 fully saturated rings. The van der Waals surface area contributed by atoms with Crippen LogP contribution < -0.4 is 0 Å². The highest BCUT2D eigenvalue weighted by atomic mass is 19.2. The van der Waals surface area contributed by atoms with Crippen molar-refractivity contribution in [1.82, 2.24) is 0 Å². The molecule has 4 rings (SSSR count). The van der Waals surface area contributed by atoms with E-state index in [1.165, 1.54) is 114 Å². The molecule has 0 aliphatic heterocycles. The van der Waals surface area contributed by atoms with Gasteiger partial charge in [0.2, 0.25) is 0 Å². The molecule has 0 spiro atoms. The minimum atomic E-state index is -0.868. The van der Waals surface area contributed by atoms with Crippen LogP contribution in [0, 0.1) is 46.9 Å². The summed E-state index contributed by atoms with van der Waals surface area (Å²) in [4.78, 5) is 0. The van der Waals surface area contributed by atoms with E-state index in [4.69, 9.17) is 4.74 Å². The van der Waals surface area contributed by atoms with Gasteiger partial charge in [-0.25, -0.2) is 17.6 Å². The second-order valence-corrected chi connectivity index (χ2v) is 15.0. The Labute approximate surface area is 283 Å². The average molecular weight is 659 g/mol. The van der Waals surface area contributed by atoms with Gasteiger partial charge in [-0.2, -0.15) is 0 Å². The smallest absolute Gasteiger partial charge is 0.159 e. The summed E-state index contributed by atoms with van der Waals surface area (Å²) in [5.41, 5.74) is 1.29. The van der Waals surface area contributed by atoms with E-state index in [1.54, 1.807) is 12.1 Å². The lowest BCUT2D eigenvalue weighted by Gasteiger charge is -2.40. The first-order valence-corrected chi connectivity index (χ1v) is 19.4. The third-order valence-corrected chi connectivity index (χ3v) is 11.4. The predicted molar refractivity (Wildman–Crippen MR) is 186 cm³/mol. The topological polar surface area (TPSA) is 9.23 Å². The maximum Gasteiger partial charge on any atom is 0.159 e. The summed E-state index contributed by atoms with van der Waals surface area (Å²) in [6.45, 7) is 4.50. The zero-order valence-electron chi connectivity index (χ0n) is 29.4. The minimum Gasteiger partial charge on any atom is -0.365 e. The van der Waals surface area contributed by atoms with Crippen molar-refractivity contribution in [2.24, 2.45) is 23.7 Å². The van der Waals surface area contributed by atoms with Gasteiger partial charge in [0.25, 0.3) is 0 Å². The molecule has 2 aliphatic rings. The number of ether oxygens (including phenoxy) is 1. The zero-order chi connectivity index (χ0) is 33.4. The summed E-state index contributed by atoms with van der Waals surface area (Å²) in [6, 6.07) is 8.30. The van der Waals surface area contributed by atoms with Crippen LogP contribution in [0.3, 0.4) is 0 Å². The fourth-order valence-electron chi connectivity index (χ4n) is 8.45. The van der Waals surface area contributed by atoms with Crippen molar-refractivity contribution in [2.45, 2.75) is 167 Å². The lowest BCUT2D eigenvalue weighted by Crippen LogP contribution is -2.28. The molecule has 0 radical (unpaired) electrons. The highest BCUT2D eigenvalue weighted by molar-refractivity contribution is 5.24. The normalized spacial score (nSPS) is 23.1. The van der Waals surface area contributed by atoms with Gasteiger partial charge < -0.3 is 4.74 Å². The molecule has 2 atom stereocenters. The molecule has 0 bridgehead atoms. The Morgan fingerprint density at radius 3 is 1.21 bits per heavy atom. The van der Waals surface area contributed by atoms with Crippen molar-refractivity contribution in [3.63, 3.8) is 0 Å². The van der Waals surface area contributed by atoms with E-state index in [9.17, 15) is 17.6 Å². The van der Waals surface area contributed by atoms with E-state index < -0.39 is 35.5 Å². The number of hydrogen-bond donors (Lipinski definition) is 0. The van der Waals surface area contributed by atoms with Gasteiger partial charge in [0.15, 0.2) is 23.3 Å². The Morgan fingerprint density at radius 2 is 0.851 bits per heavy atom. The molecule has 2 aromatic rings. The van der Waals surface area contributed by atoms with E-state index in [-0.39, 0.29) is 11.8 Å². The van der Waals surface area contributed by atoms with E-state index in [2.05, 4.69) is 13.8 Å². The monoisotopic (exact) mass is 658 g/mol. The van der Waals surface area contributed by atoms with Crippen molar-refractivity contribution in [1.29, 1.82) is 0 Å². The first-order valence-electron chi connectivity index (χ1n) is 19.4. The summed E-state index contributed by atoms with van der Waals surface area (Å²) >= 11 is 0. The zero-order valence-corrected chi connectivity index (χ0v) is 29.4. The second kappa shape index (κ2) is 20.6. The summed E-state index contributed by atoms with van der Waals surface area (Å²) < 4.78 is 64.5. The Kier molecular flexibility index (Phi) is 16.6. The SMILES string of the molecule is CCCCCCCC[C@H]1CC[C@H](C(OC(c2ccc(F)c(F)c2)[C@H]2CC[C@H](CCCCCCCC)CC2)c2ccc(F)c(F)c2)CC1. The molecule has 2 aromatic carbocycles. The molecule has 0 aromatic heterocycles. The van der Waals surface area contributed by atoms with Crippen LogP contribution in [0.2, 0.25) is 0 Å². The quantitative estimate of drug-likeness (QED) is 0.102. The molecular weight excluding hydrogens is 596 g/mol. The van der Waals surface area contributed by atoms with Gasteiger partial charge >= 0.3 is 0 Å². The van der Waals surface area contributed by atoms with Crippen LogP contribution in [0.25, 0.3) is 0 Å². The van der Waals surface area contributed by atoms with Gasteiger partial charge in [0.05, 0.1) is 12.2 Å². The van der Waals surface area contributed by atoms with Gasteiger partial charge in [-0.1, -0.05) is 142 Å². The standard InChI is InChI=1S/C42H62F4O/c1-3-5-7-9-11-13-15-31-17-21-33(22-18-31)41(35-25-27-37(43)39(45)29-35)47-42(36-26-28-38(44)40(46)30-36)34-23-19-32(20-24-34)16-14-12-10-8-6-4-2/h25-34,41-42H,3-24H2,1-2H3/t31-,32-,33-,34-,41?,42?. The number of unbranched alkanes of at least 4 members (excludes halogenated alkanes) is 10. The Hall–Kier alpha value is -1.88. The van der Waals surface area contributed by atoms with Crippen LogP contribution in [0.1, 0.15) is 178 Å². The van der Waals surface area contributed by atoms with Crippen LogP contribution in [-0.4, -0.2) is 0 Å². The molecule has 2 unspecified atom stereocenters. The number of hydrogen-bond acceptors (Lipinski definition) is 1. The van der Waals surface area contributed by atoms with Gasteiger partial charge in [0.1, 0.15) is 0 Å². The second-order valence-electron chi connectivity index (χ2n) is 15.0. The summed E-state index contributed by atoms with van der Waals surface area (Å²) in [5, 5.41) is 0. The van der Waals surface area contributed by atoms with Gasteiger partial charge in [-0.3, -0.25) is 0 Å². The molecule has 5 heteroatoms. The molecule has 1 nitrogen and oxygen atoms in total. The maximum absolute atomic E-state index is 14.6. The van der Waals surface area contributed by atoms with Crippen molar-refractivity contribution >= 4 is 0 Å². The summed E-state index contributed by atoms with van der Waals surface area (Å²) in [5.74, 6) is -1.74. The summed E-state index contributed by atoms with van der Waals surface area (Å²) in [7, 11) is 0. The number of benzene rings is 2. The third kappa shape index (κ3) is 12.2. The Morgan fingerprint density at radius 1 is 0.489 bits per heavy atom. The Bertz CT molecular complexity index is 1060. The number of rotatable bonds is 20. The van der Waals surface area contributed by atoms with Crippen molar-refractivity contribution in [3.8, 4) is 0 Å². The molecule has 0 heterocycles.